The summed E-state index contributed by atoms with van der Waals surface area (Å²) in [5, 5.41) is 0. The molecule has 8 atom stereocenters. The second-order valence-corrected chi connectivity index (χ2v) is 8.25. The van der Waals surface area contributed by atoms with Crippen LogP contribution in [0.25, 0.3) is 0 Å². The molecule has 0 aromatic rings. The SMILES string of the molecule is O=C1[C@H]2[C@H]3C=C[C@@H](C3)[C@@]2(Cl)C(=O)[C@@H]2[C@H]3C=C[C@H](C3)[C@@]12Cl. The summed E-state index contributed by atoms with van der Waals surface area (Å²) in [5.41, 5.74) is 0. The highest BCUT2D eigenvalue weighted by molar-refractivity contribution is 6.46. The molecule has 0 heterocycles. The minimum Gasteiger partial charge on any atom is -0.297 e. The fourth-order valence-electron chi connectivity index (χ4n) is 5.58. The summed E-state index contributed by atoms with van der Waals surface area (Å²) in [5.74, 6) is -0.511. The Kier molecular flexibility index (Phi) is 1.95. The first-order chi connectivity index (χ1) is 9.49. The summed E-state index contributed by atoms with van der Waals surface area (Å²) < 4.78 is 0. The summed E-state index contributed by atoms with van der Waals surface area (Å²) in [7, 11) is 0. The van der Waals surface area contributed by atoms with Crippen molar-refractivity contribution in [2.24, 2.45) is 35.5 Å². The molecule has 104 valence electrons. The maximum atomic E-state index is 13.1. The van der Waals surface area contributed by atoms with Crippen molar-refractivity contribution in [3.05, 3.63) is 24.3 Å². The van der Waals surface area contributed by atoms with Crippen molar-refractivity contribution in [2.45, 2.75) is 22.6 Å². The molecule has 3 fully saturated rings. The van der Waals surface area contributed by atoms with Gasteiger partial charge >= 0.3 is 0 Å². The van der Waals surface area contributed by atoms with Crippen LogP contribution in [0.5, 0.6) is 0 Å². The van der Waals surface area contributed by atoms with Crippen LogP contribution in [0, 0.1) is 35.5 Å². The average molecular weight is 309 g/mol. The molecule has 5 rings (SSSR count). The van der Waals surface area contributed by atoms with E-state index in [0.717, 1.165) is 12.8 Å². The lowest BCUT2D eigenvalue weighted by Crippen LogP contribution is -2.65. The lowest BCUT2D eigenvalue weighted by atomic mass is 9.59. The van der Waals surface area contributed by atoms with Gasteiger partial charge < -0.3 is 0 Å². The standard InChI is InChI=1S/C16H14Cl2O2/c17-15-9-3-1-7(5-9)11(15)13(19)16(18)10-4-2-8(6-10)12(16)14(15)20/h1-4,7-12H,5-6H2/t7-,8-,9-,10+,11+,12-,15-,16-/m0/s1. The number of carbonyl (C=O) groups excluding carboxylic acids is 2. The molecule has 0 spiro atoms. The number of halogens is 2. The largest absolute Gasteiger partial charge is 0.297 e. The molecule has 2 nitrogen and oxygen atoms in total. The number of rotatable bonds is 0. The van der Waals surface area contributed by atoms with Gasteiger partial charge in [0.05, 0.1) is 11.8 Å². The Balaban J connectivity index is 1.74. The van der Waals surface area contributed by atoms with Crippen LogP contribution < -0.4 is 0 Å². The molecule has 3 saturated carbocycles. The molecule has 5 aliphatic rings. The van der Waals surface area contributed by atoms with Crippen LogP contribution in [0.3, 0.4) is 0 Å². The van der Waals surface area contributed by atoms with Gasteiger partial charge in [-0.25, -0.2) is 0 Å². The maximum absolute atomic E-state index is 13.1. The number of hydrogen-bond donors (Lipinski definition) is 0. The lowest BCUT2D eigenvalue weighted by Gasteiger charge is -2.49. The molecule has 5 aliphatic carbocycles. The third-order valence-electron chi connectivity index (χ3n) is 6.39. The average Bonchev–Trinajstić information content (AvgIpc) is 3.14. The molecule has 0 aliphatic heterocycles. The zero-order chi connectivity index (χ0) is 13.9. The first kappa shape index (κ1) is 12.0. The van der Waals surface area contributed by atoms with Crippen LogP contribution in [0.2, 0.25) is 0 Å². The topological polar surface area (TPSA) is 34.1 Å². The van der Waals surface area contributed by atoms with Crippen LogP contribution in [0.4, 0.5) is 0 Å². The van der Waals surface area contributed by atoms with Crippen molar-refractivity contribution in [1.29, 1.82) is 0 Å². The number of ketones is 2. The van der Waals surface area contributed by atoms with E-state index in [1.165, 1.54) is 0 Å². The van der Waals surface area contributed by atoms with E-state index in [4.69, 9.17) is 23.2 Å². The van der Waals surface area contributed by atoms with Gasteiger partial charge in [0.1, 0.15) is 9.75 Å². The van der Waals surface area contributed by atoms with Gasteiger partial charge in [0.2, 0.25) is 0 Å². The second-order valence-electron chi connectivity index (χ2n) is 7.00. The van der Waals surface area contributed by atoms with Crippen molar-refractivity contribution in [3.8, 4) is 0 Å². The summed E-state index contributed by atoms with van der Waals surface area (Å²) in [6, 6.07) is 0. The molecule has 20 heavy (non-hydrogen) atoms. The molecule has 0 amide bonds. The van der Waals surface area contributed by atoms with Crippen molar-refractivity contribution in [1.82, 2.24) is 0 Å². The molecule has 0 unspecified atom stereocenters. The third-order valence-corrected chi connectivity index (χ3v) is 7.80. The highest BCUT2D eigenvalue weighted by Gasteiger charge is 2.76. The first-order valence-electron chi connectivity index (χ1n) is 7.32. The predicted octanol–water partition coefficient (Wildman–Crippen LogP) is 2.74. The zero-order valence-electron chi connectivity index (χ0n) is 10.8. The smallest absolute Gasteiger partial charge is 0.161 e. The number of alkyl halides is 2. The Morgan fingerprint density at radius 2 is 1.20 bits per heavy atom. The number of fused-ring (bicyclic) bond motifs is 10. The molecule has 0 radical (unpaired) electrons. The Labute approximate surface area is 127 Å². The van der Waals surface area contributed by atoms with E-state index < -0.39 is 21.6 Å². The number of Topliss-reactive ketones (excluding diaryl/α,β-unsaturated/α-hetero) is 2. The number of allylic oxidation sites excluding steroid dienone is 4. The molecule has 4 bridgehead atoms. The monoisotopic (exact) mass is 308 g/mol. The van der Waals surface area contributed by atoms with Crippen LogP contribution in [0.15, 0.2) is 24.3 Å². The minimum atomic E-state index is -1.02. The molecule has 4 heteroatoms. The molecule has 0 aromatic heterocycles. The molecule has 0 aromatic carbocycles. The summed E-state index contributed by atoms with van der Waals surface area (Å²) in [6.45, 7) is 0. The van der Waals surface area contributed by atoms with Crippen molar-refractivity contribution in [3.63, 3.8) is 0 Å². The van der Waals surface area contributed by atoms with E-state index >= 15 is 0 Å². The number of carbonyl (C=O) groups is 2. The highest BCUT2D eigenvalue weighted by atomic mass is 35.5. The fourth-order valence-corrected chi connectivity index (χ4v) is 6.66. The van der Waals surface area contributed by atoms with Gasteiger partial charge in [-0.05, 0) is 24.7 Å². The second kappa shape index (κ2) is 3.25. The first-order valence-corrected chi connectivity index (χ1v) is 8.07. The van der Waals surface area contributed by atoms with Gasteiger partial charge in [-0.1, -0.05) is 24.3 Å². The highest BCUT2D eigenvalue weighted by Crippen LogP contribution is 2.67. The van der Waals surface area contributed by atoms with E-state index in [2.05, 4.69) is 12.2 Å². The number of hydrogen-bond acceptors (Lipinski definition) is 2. The van der Waals surface area contributed by atoms with Crippen molar-refractivity contribution < 1.29 is 9.59 Å². The molecule has 0 saturated heterocycles. The summed E-state index contributed by atoms with van der Waals surface area (Å²) >= 11 is 13.6. The molecule has 0 N–H and O–H groups in total. The van der Waals surface area contributed by atoms with E-state index in [1.54, 1.807) is 0 Å². The Morgan fingerprint density at radius 3 is 1.60 bits per heavy atom. The Bertz CT molecular complexity index is 570. The van der Waals surface area contributed by atoms with Crippen LogP contribution in [-0.2, 0) is 9.59 Å². The van der Waals surface area contributed by atoms with Gasteiger partial charge in [-0.2, -0.15) is 0 Å². The zero-order valence-corrected chi connectivity index (χ0v) is 12.3. The van der Waals surface area contributed by atoms with Gasteiger partial charge in [0.25, 0.3) is 0 Å². The molecular weight excluding hydrogens is 295 g/mol. The van der Waals surface area contributed by atoms with Crippen molar-refractivity contribution >= 4 is 34.8 Å². The van der Waals surface area contributed by atoms with E-state index in [1.807, 2.05) is 12.2 Å². The maximum Gasteiger partial charge on any atom is 0.161 e. The molecular formula is C16H14Cl2O2. The fraction of sp³-hybridized carbons (Fsp3) is 0.625. The van der Waals surface area contributed by atoms with Crippen LogP contribution >= 0.6 is 23.2 Å². The predicted molar refractivity (Wildman–Crippen MR) is 75.6 cm³/mol. The van der Waals surface area contributed by atoms with Gasteiger partial charge in [0.15, 0.2) is 11.6 Å². The summed E-state index contributed by atoms with van der Waals surface area (Å²) in [6.07, 6.45) is 9.84. The summed E-state index contributed by atoms with van der Waals surface area (Å²) in [4.78, 5) is 24.2. The quantitative estimate of drug-likeness (QED) is 0.509. The van der Waals surface area contributed by atoms with Gasteiger partial charge in [0, 0.05) is 11.8 Å². The van der Waals surface area contributed by atoms with Gasteiger partial charge in [-0.3, -0.25) is 9.59 Å². The van der Waals surface area contributed by atoms with Crippen LogP contribution in [0.1, 0.15) is 12.8 Å². The van der Waals surface area contributed by atoms with Gasteiger partial charge in [-0.15, -0.1) is 23.2 Å². The van der Waals surface area contributed by atoms with Crippen molar-refractivity contribution in [2.75, 3.05) is 0 Å². The minimum absolute atomic E-state index is 0.0138. The third kappa shape index (κ3) is 0.972. The Hall–Kier alpha value is -0.600. The Morgan fingerprint density at radius 1 is 0.800 bits per heavy atom. The lowest BCUT2D eigenvalue weighted by molar-refractivity contribution is -0.144. The van der Waals surface area contributed by atoms with E-state index in [0.29, 0.717) is 0 Å². The van der Waals surface area contributed by atoms with E-state index in [9.17, 15) is 9.59 Å². The normalized spacial score (nSPS) is 61.3. The van der Waals surface area contributed by atoms with Crippen LogP contribution in [-0.4, -0.2) is 21.3 Å². The van der Waals surface area contributed by atoms with E-state index in [-0.39, 0.29) is 35.2 Å².